The number of carbonyl (C=O) groups is 1. The first-order valence-corrected chi connectivity index (χ1v) is 6.64. The fourth-order valence-electron chi connectivity index (χ4n) is 1.48. The average molecular weight is 278 g/mol. The number of nitrogens with zero attached hydrogens (tertiary/aromatic N) is 3. The number of aromatic hydroxyl groups is 1. The number of aromatic nitrogens is 3. The van der Waals surface area contributed by atoms with E-state index in [1.165, 1.54) is 29.8 Å². The van der Waals surface area contributed by atoms with Crippen molar-refractivity contribution >= 4 is 22.4 Å². The second-order valence-electron chi connectivity index (χ2n) is 4.45. The summed E-state index contributed by atoms with van der Waals surface area (Å²) in [6.45, 7) is 4.18. The lowest BCUT2D eigenvalue weighted by Gasteiger charge is -2.02. The molecule has 7 heteroatoms. The van der Waals surface area contributed by atoms with Crippen LogP contribution >= 0.6 is 11.3 Å². The van der Waals surface area contributed by atoms with Gasteiger partial charge in [0.05, 0.1) is 11.8 Å². The molecule has 0 spiro atoms. The molecule has 0 unspecified atom stereocenters. The Bertz CT molecular complexity index is 583. The van der Waals surface area contributed by atoms with Gasteiger partial charge in [-0.3, -0.25) is 15.1 Å². The second-order valence-corrected chi connectivity index (χ2v) is 5.51. The van der Waals surface area contributed by atoms with Gasteiger partial charge in [0.1, 0.15) is 10.8 Å². The van der Waals surface area contributed by atoms with Crippen LogP contribution in [-0.4, -0.2) is 26.2 Å². The summed E-state index contributed by atoms with van der Waals surface area (Å²) < 4.78 is 0. The summed E-state index contributed by atoms with van der Waals surface area (Å²) >= 11 is 1.34. The molecular weight excluding hydrogens is 264 g/mol. The lowest BCUT2D eigenvalue weighted by Crippen LogP contribution is -2.11. The van der Waals surface area contributed by atoms with Crippen LogP contribution in [0.25, 0.3) is 0 Å². The summed E-state index contributed by atoms with van der Waals surface area (Å²) in [5.74, 6) is -0.0974. The molecule has 0 radical (unpaired) electrons. The highest BCUT2D eigenvalue weighted by Crippen LogP contribution is 2.20. The Morgan fingerprint density at radius 3 is 2.95 bits per heavy atom. The van der Waals surface area contributed by atoms with Crippen molar-refractivity contribution in [3.8, 4) is 5.75 Å². The van der Waals surface area contributed by atoms with Gasteiger partial charge in [0.15, 0.2) is 0 Å². The van der Waals surface area contributed by atoms with Crippen LogP contribution in [0.1, 0.15) is 29.2 Å². The van der Waals surface area contributed by atoms with Crippen LogP contribution < -0.4 is 5.32 Å². The summed E-state index contributed by atoms with van der Waals surface area (Å²) in [4.78, 5) is 15.6. The number of rotatable bonds is 4. The number of carbonyl (C=O) groups excluding carboxylic acids is 1. The molecule has 0 aliphatic heterocycles. The first-order valence-electron chi connectivity index (χ1n) is 5.83. The van der Waals surface area contributed by atoms with Gasteiger partial charge in [-0.25, -0.2) is 0 Å². The average Bonchev–Trinajstić information content (AvgIpc) is 2.76. The largest absolute Gasteiger partial charge is 0.505 e. The Morgan fingerprint density at radius 2 is 2.26 bits per heavy atom. The summed E-state index contributed by atoms with van der Waals surface area (Å²) in [6, 6.07) is 1.45. The predicted molar refractivity (Wildman–Crippen MR) is 72.3 cm³/mol. The van der Waals surface area contributed by atoms with Gasteiger partial charge in [0.25, 0.3) is 5.91 Å². The van der Waals surface area contributed by atoms with E-state index in [9.17, 15) is 9.90 Å². The van der Waals surface area contributed by atoms with E-state index in [0.717, 1.165) is 11.4 Å². The zero-order valence-electron chi connectivity index (χ0n) is 10.6. The fourth-order valence-corrected chi connectivity index (χ4v) is 2.43. The first kappa shape index (κ1) is 13.4. The van der Waals surface area contributed by atoms with Gasteiger partial charge in [-0.05, 0) is 12.0 Å². The van der Waals surface area contributed by atoms with Crippen LogP contribution in [0.2, 0.25) is 0 Å². The highest BCUT2D eigenvalue weighted by molar-refractivity contribution is 7.15. The zero-order chi connectivity index (χ0) is 13.8. The third kappa shape index (κ3) is 3.47. The first-order chi connectivity index (χ1) is 9.06. The normalized spacial score (nSPS) is 10.7. The molecule has 2 aromatic rings. The monoisotopic (exact) mass is 278 g/mol. The molecule has 0 atom stereocenters. The Labute approximate surface area is 114 Å². The van der Waals surface area contributed by atoms with E-state index in [2.05, 4.69) is 34.3 Å². The minimum absolute atomic E-state index is 0.160. The van der Waals surface area contributed by atoms with Crippen LogP contribution in [0.4, 0.5) is 5.13 Å². The van der Waals surface area contributed by atoms with Crippen LogP contribution in [0.5, 0.6) is 5.75 Å². The molecule has 0 aliphatic rings. The van der Waals surface area contributed by atoms with Crippen LogP contribution in [0, 0.1) is 5.92 Å². The quantitative estimate of drug-likeness (QED) is 0.894. The number of nitrogens with one attached hydrogen (secondary N) is 1. The van der Waals surface area contributed by atoms with Gasteiger partial charge in [0, 0.05) is 12.6 Å². The van der Waals surface area contributed by atoms with Crippen molar-refractivity contribution < 1.29 is 9.90 Å². The molecule has 0 saturated heterocycles. The van der Waals surface area contributed by atoms with Crippen molar-refractivity contribution in [2.24, 2.45) is 5.92 Å². The van der Waals surface area contributed by atoms with E-state index in [1.54, 1.807) is 0 Å². The van der Waals surface area contributed by atoms with E-state index in [0.29, 0.717) is 11.0 Å². The summed E-state index contributed by atoms with van der Waals surface area (Å²) in [7, 11) is 0. The molecule has 0 saturated carbocycles. The molecule has 2 heterocycles. The van der Waals surface area contributed by atoms with Crippen LogP contribution in [0.3, 0.4) is 0 Å². The minimum atomic E-state index is -0.424. The lowest BCUT2D eigenvalue weighted by molar-refractivity contribution is 0.102. The summed E-state index contributed by atoms with van der Waals surface area (Å²) in [5, 5.41) is 21.4. The number of pyridine rings is 1. The molecule has 0 bridgehead atoms. The topological polar surface area (TPSA) is 88.0 Å². The molecule has 6 nitrogen and oxygen atoms in total. The smallest absolute Gasteiger partial charge is 0.261 e. The number of hydrogen-bond acceptors (Lipinski definition) is 6. The Hall–Kier alpha value is -2.02. The zero-order valence-corrected chi connectivity index (χ0v) is 11.4. The van der Waals surface area contributed by atoms with E-state index < -0.39 is 5.91 Å². The maximum atomic E-state index is 11.9. The molecule has 0 fully saturated rings. The predicted octanol–water partition coefficient (Wildman–Crippen LogP) is 2.09. The van der Waals surface area contributed by atoms with Gasteiger partial charge in [-0.2, -0.15) is 0 Å². The maximum Gasteiger partial charge on any atom is 0.261 e. The second kappa shape index (κ2) is 5.75. The van der Waals surface area contributed by atoms with Crippen molar-refractivity contribution in [1.29, 1.82) is 0 Å². The molecule has 1 amide bonds. The highest BCUT2D eigenvalue weighted by atomic mass is 32.1. The van der Waals surface area contributed by atoms with Gasteiger partial charge < -0.3 is 5.11 Å². The molecule has 2 N–H and O–H groups in total. The van der Waals surface area contributed by atoms with E-state index >= 15 is 0 Å². The summed E-state index contributed by atoms with van der Waals surface area (Å²) in [5.41, 5.74) is 0.163. The molecule has 0 aliphatic carbocycles. The SMILES string of the molecule is CC(C)Cc1nnc(NC(=O)c2ccncc2O)s1. The maximum absolute atomic E-state index is 11.9. The van der Waals surface area contributed by atoms with Crippen molar-refractivity contribution in [2.45, 2.75) is 20.3 Å². The number of amides is 1. The van der Waals surface area contributed by atoms with Crippen LogP contribution in [0.15, 0.2) is 18.5 Å². The lowest BCUT2D eigenvalue weighted by atomic mass is 10.1. The number of anilines is 1. The highest BCUT2D eigenvalue weighted by Gasteiger charge is 2.13. The van der Waals surface area contributed by atoms with Gasteiger partial charge in [-0.1, -0.05) is 25.2 Å². The Kier molecular flexibility index (Phi) is 4.06. The molecule has 19 heavy (non-hydrogen) atoms. The molecular formula is C12H14N4O2S. The molecule has 2 aromatic heterocycles. The van der Waals surface area contributed by atoms with Gasteiger partial charge >= 0.3 is 0 Å². The number of hydrogen-bond donors (Lipinski definition) is 2. The molecule has 2 rings (SSSR count). The van der Waals surface area contributed by atoms with E-state index in [1.807, 2.05) is 0 Å². The third-order valence-corrected chi connectivity index (χ3v) is 3.18. The van der Waals surface area contributed by atoms with Crippen molar-refractivity contribution in [2.75, 3.05) is 5.32 Å². The van der Waals surface area contributed by atoms with Crippen molar-refractivity contribution in [3.63, 3.8) is 0 Å². The van der Waals surface area contributed by atoms with Crippen LogP contribution in [-0.2, 0) is 6.42 Å². The van der Waals surface area contributed by atoms with Gasteiger partial charge in [0.2, 0.25) is 5.13 Å². The van der Waals surface area contributed by atoms with E-state index in [-0.39, 0.29) is 11.3 Å². The van der Waals surface area contributed by atoms with E-state index in [4.69, 9.17) is 0 Å². The summed E-state index contributed by atoms with van der Waals surface area (Å²) in [6.07, 6.45) is 3.49. The molecule has 100 valence electrons. The Balaban J connectivity index is 2.07. The standard InChI is InChI=1S/C12H14N4O2S/c1-7(2)5-10-15-16-12(19-10)14-11(18)8-3-4-13-6-9(8)17/h3-4,6-7,17H,5H2,1-2H3,(H,14,16,18). The molecule has 0 aromatic carbocycles. The third-order valence-electron chi connectivity index (χ3n) is 2.31. The van der Waals surface area contributed by atoms with Gasteiger partial charge in [-0.15, -0.1) is 10.2 Å². The minimum Gasteiger partial charge on any atom is -0.505 e. The Morgan fingerprint density at radius 1 is 1.47 bits per heavy atom. The van der Waals surface area contributed by atoms with Crippen molar-refractivity contribution in [1.82, 2.24) is 15.2 Å². The fraction of sp³-hybridized carbons (Fsp3) is 0.333. The van der Waals surface area contributed by atoms with Crippen molar-refractivity contribution in [3.05, 3.63) is 29.0 Å².